The van der Waals surface area contributed by atoms with Crippen molar-refractivity contribution >= 4 is 19.3 Å². The van der Waals surface area contributed by atoms with Crippen LogP contribution in [0.1, 0.15) is 105 Å². The first kappa shape index (κ1) is 42.7. The van der Waals surface area contributed by atoms with E-state index in [9.17, 15) is 9.59 Å². The second-order valence-corrected chi connectivity index (χ2v) is 10.3. The highest BCUT2D eigenvalue weighted by Gasteiger charge is 2.19. The van der Waals surface area contributed by atoms with Gasteiger partial charge in [-0.1, -0.05) is 14.9 Å². The van der Waals surface area contributed by atoms with E-state index in [4.69, 9.17) is 26.1 Å². The minimum absolute atomic E-state index is 0. The van der Waals surface area contributed by atoms with Crippen molar-refractivity contribution in [2.24, 2.45) is 11.5 Å². The Morgan fingerprint density at radius 3 is 1.07 bits per heavy atom. The third-order valence-corrected chi connectivity index (χ3v) is 7.52. The molecule has 1 heterocycles. The van der Waals surface area contributed by atoms with Gasteiger partial charge < -0.3 is 42.6 Å². The van der Waals surface area contributed by atoms with Crippen LogP contribution in [0.2, 0.25) is 0 Å². The largest absolute Gasteiger partial charge is 0.483 e. The van der Waals surface area contributed by atoms with Crippen LogP contribution in [-0.4, -0.2) is 88.0 Å². The molecule has 1 saturated heterocycles. The molecule has 9 N–H and O–H groups in total. The van der Waals surface area contributed by atoms with Gasteiger partial charge in [0, 0.05) is 49.5 Å². The van der Waals surface area contributed by atoms with Crippen LogP contribution in [-0.2, 0) is 19.1 Å². The highest BCUT2D eigenvalue weighted by molar-refractivity contribution is 5.47. The lowest BCUT2D eigenvalue weighted by molar-refractivity contribution is -0.123. The van der Waals surface area contributed by atoms with E-state index in [1.54, 1.807) is 0 Å². The van der Waals surface area contributed by atoms with Crippen molar-refractivity contribution in [2.45, 2.75) is 141 Å². The quantitative estimate of drug-likeness (QED) is 0.234. The summed E-state index contributed by atoms with van der Waals surface area (Å²) in [5.74, 6) is 0. The number of nitrogens with two attached hydrogens (primary N) is 2. The molecule has 0 atom stereocenters. The molecule has 11 heteroatoms. The van der Waals surface area contributed by atoms with Gasteiger partial charge in [0.1, 0.15) is 0 Å². The molecule has 0 aromatic heterocycles. The Morgan fingerprint density at radius 2 is 0.875 bits per heavy atom. The van der Waals surface area contributed by atoms with Crippen LogP contribution in [0.5, 0.6) is 0 Å². The molecule has 0 aromatic rings. The first-order valence-electron chi connectivity index (χ1n) is 14.3. The molecule has 0 unspecified atom stereocenters. The van der Waals surface area contributed by atoms with Gasteiger partial charge in [-0.05, 0) is 104 Å². The zero-order valence-corrected chi connectivity index (χ0v) is 23.7. The van der Waals surface area contributed by atoms with Crippen molar-refractivity contribution in [1.82, 2.24) is 21.3 Å². The average molecular weight is 577 g/mol. The predicted molar refractivity (Wildman–Crippen MR) is 165 cm³/mol. The third-order valence-electron chi connectivity index (χ3n) is 7.52. The molecule has 4 fully saturated rings. The summed E-state index contributed by atoms with van der Waals surface area (Å²) >= 11 is 0. The topological polar surface area (TPSA) is 181 Å². The van der Waals surface area contributed by atoms with E-state index in [0.29, 0.717) is 24.2 Å². The van der Waals surface area contributed by atoms with Gasteiger partial charge in [0.2, 0.25) is 12.8 Å². The van der Waals surface area contributed by atoms with Crippen LogP contribution >= 0.6 is 0 Å². The molecule has 0 radical (unpaired) electrons. The van der Waals surface area contributed by atoms with Crippen LogP contribution in [0.15, 0.2) is 0 Å². The lowest BCUT2D eigenvalue weighted by atomic mass is 9.91. The Bertz CT molecular complexity index is 499. The maximum absolute atomic E-state index is 10.1. The van der Waals surface area contributed by atoms with Crippen LogP contribution < -0.4 is 32.7 Å². The molecule has 2 amide bonds. The number of nitrogens with one attached hydrogen (secondary N) is 4. The average Bonchev–Trinajstić information content (AvgIpc) is 3.54. The van der Waals surface area contributed by atoms with Crippen molar-refractivity contribution in [3.05, 3.63) is 0 Å². The lowest BCUT2D eigenvalue weighted by Crippen LogP contribution is -2.38. The molecular formula is C29H64N6O5. The van der Waals surface area contributed by atoms with Gasteiger partial charge in [-0.15, -0.1) is 0 Å². The van der Waals surface area contributed by atoms with E-state index in [1.807, 2.05) is 0 Å². The zero-order valence-electron chi connectivity index (χ0n) is 23.7. The molecule has 1 aliphatic heterocycles. The van der Waals surface area contributed by atoms with Gasteiger partial charge in [-0.25, -0.2) is 0 Å². The lowest BCUT2D eigenvalue weighted by Gasteiger charge is -2.27. The fourth-order valence-electron chi connectivity index (χ4n) is 4.95. The molecule has 0 aromatic carbocycles. The molecule has 240 valence electrons. The molecule has 11 nitrogen and oxygen atoms in total. The second-order valence-electron chi connectivity index (χ2n) is 10.3. The van der Waals surface area contributed by atoms with E-state index < -0.39 is 0 Å². The smallest absolute Gasteiger partial charge is 0.290 e. The number of hydrogen-bond acceptors (Lipinski definition) is 8. The summed E-state index contributed by atoms with van der Waals surface area (Å²) in [6.45, 7) is 1.75. The zero-order chi connectivity index (χ0) is 28.4. The second kappa shape index (κ2) is 30.2. The molecule has 3 saturated carbocycles. The first-order valence-corrected chi connectivity index (χ1v) is 14.3. The standard InChI is InChI=1S/C8H14N2O2.C8H18N2.C6H14N2.C4H8O.CH2O2.2CH4/c11-5-9-7-1-2-8(4-3-7)10-6-12;1-9-7-3-5-8(10-2)6-4-7;7-5-1-2-6(8)4-3-5;1-2-4-5-3-1;2-1-3;;/h5-8H,1-4H2,(H,9,11)(H,10,12);7-10H,3-6H2,1-2H3;5-6H,1-4,7-8H2;1-4H2;1H,(H,2,3);2*1H4. The summed E-state index contributed by atoms with van der Waals surface area (Å²) in [7, 11) is 4.12. The Kier molecular flexibility index (Phi) is 32.2. The summed E-state index contributed by atoms with van der Waals surface area (Å²) in [4.78, 5) is 28.6. The van der Waals surface area contributed by atoms with Gasteiger partial charge in [-0.2, -0.15) is 0 Å². The molecule has 3 aliphatic carbocycles. The molecule has 0 spiro atoms. The SMILES string of the molecule is C.C.C1CCOC1.CNC1CCC(NC)CC1.NC1CCC(N)CC1.O=CNC1CCC(NC=O)CC1.O=CO. The number of hydrogen-bond donors (Lipinski definition) is 7. The fourth-order valence-corrected chi connectivity index (χ4v) is 4.95. The number of amides is 2. The van der Waals surface area contributed by atoms with Crippen molar-refractivity contribution in [2.75, 3.05) is 27.3 Å². The Hall–Kier alpha value is -1.79. The Labute approximate surface area is 244 Å². The molecular weight excluding hydrogens is 512 g/mol. The summed E-state index contributed by atoms with van der Waals surface area (Å²) < 4.78 is 4.94. The monoisotopic (exact) mass is 576 g/mol. The van der Waals surface area contributed by atoms with E-state index in [0.717, 1.165) is 89.5 Å². The number of carboxylic acid groups (broad SMARTS) is 1. The summed E-state index contributed by atoms with van der Waals surface area (Å²) in [5, 5.41) is 19.0. The van der Waals surface area contributed by atoms with Gasteiger partial charge >= 0.3 is 0 Å². The van der Waals surface area contributed by atoms with E-state index in [-0.39, 0.29) is 21.3 Å². The number of carbonyl (C=O) groups excluding carboxylic acids is 2. The van der Waals surface area contributed by atoms with Crippen LogP contribution in [0, 0.1) is 0 Å². The fraction of sp³-hybridized carbons (Fsp3) is 0.897. The minimum atomic E-state index is -0.250. The molecule has 4 aliphatic rings. The van der Waals surface area contributed by atoms with Crippen LogP contribution in [0.25, 0.3) is 0 Å². The maximum atomic E-state index is 10.1. The van der Waals surface area contributed by atoms with Crippen molar-refractivity contribution in [3.8, 4) is 0 Å². The molecule has 40 heavy (non-hydrogen) atoms. The predicted octanol–water partition coefficient (Wildman–Crippen LogP) is 2.51. The minimum Gasteiger partial charge on any atom is -0.483 e. The van der Waals surface area contributed by atoms with E-state index >= 15 is 0 Å². The Balaban J connectivity index is -0.000000447. The first-order chi connectivity index (χ1) is 18.4. The highest BCUT2D eigenvalue weighted by Crippen LogP contribution is 2.18. The van der Waals surface area contributed by atoms with E-state index in [2.05, 4.69) is 35.4 Å². The normalized spacial score (nSPS) is 28.5. The number of ether oxygens (including phenoxy) is 1. The molecule has 4 rings (SSSR count). The van der Waals surface area contributed by atoms with Crippen molar-refractivity contribution in [1.29, 1.82) is 0 Å². The van der Waals surface area contributed by atoms with Gasteiger partial charge in [0.05, 0.1) is 0 Å². The number of rotatable bonds is 6. The summed E-state index contributed by atoms with van der Waals surface area (Å²) in [6, 6.07) is 3.07. The molecule has 0 bridgehead atoms. The third kappa shape index (κ3) is 24.0. The van der Waals surface area contributed by atoms with Crippen molar-refractivity contribution in [3.63, 3.8) is 0 Å². The number of carbonyl (C=O) groups is 3. The summed E-state index contributed by atoms with van der Waals surface area (Å²) in [6.07, 6.45) is 17.7. The van der Waals surface area contributed by atoms with Gasteiger partial charge in [0.15, 0.2) is 0 Å². The van der Waals surface area contributed by atoms with Gasteiger partial charge in [0.25, 0.3) is 6.47 Å². The van der Waals surface area contributed by atoms with E-state index in [1.165, 1.54) is 38.5 Å². The van der Waals surface area contributed by atoms with Crippen LogP contribution in [0.3, 0.4) is 0 Å². The van der Waals surface area contributed by atoms with Crippen LogP contribution in [0.4, 0.5) is 0 Å². The Morgan fingerprint density at radius 1 is 0.600 bits per heavy atom. The summed E-state index contributed by atoms with van der Waals surface area (Å²) in [5.41, 5.74) is 11.3. The maximum Gasteiger partial charge on any atom is 0.290 e. The van der Waals surface area contributed by atoms with Gasteiger partial charge in [-0.3, -0.25) is 14.4 Å². The highest BCUT2D eigenvalue weighted by atomic mass is 16.5. The van der Waals surface area contributed by atoms with Crippen molar-refractivity contribution < 1.29 is 24.2 Å².